The maximum atomic E-state index is 9.44. The fraction of sp³-hybridized carbons (Fsp3) is 0.312. The highest BCUT2D eigenvalue weighted by Crippen LogP contribution is 2.30. The highest BCUT2D eigenvalue weighted by atomic mass is 16.5. The number of hydrogen-bond donors (Lipinski definition) is 1. The van der Waals surface area contributed by atoms with Gasteiger partial charge in [-0.2, -0.15) is 0 Å². The first kappa shape index (κ1) is 14.3. The quantitative estimate of drug-likeness (QED) is 0.871. The summed E-state index contributed by atoms with van der Waals surface area (Å²) in [6.45, 7) is 4.40. The second-order valence-corrected chi connectivity index (χ2v) is 4.50. The van der Waals surface area contributed by atoms with Crippen LogP contribution in [0.3, 0.4) is 0 Å². The van der Waals surface area contributed by atoms with Crippen LogP contribution in [0.5, 0.6) is 17.4 Å². The molecule has 0 radical (unpaired) electrons. The molecule has 1 atom stereocenters. The lowest BCUT2D eigenvalue weighted by Crippen LogP contribution is -1.98. The van der Waals surface area contributed by atoms with E-state index in [2.05, 4.69) is 11.9 Å². The van der Waals surface area contributed by atoms with Gasteiger partial charge in [0.05, 0.1) is 12.7 Å². The second-order valence-electron chi connectivity index (χ2n) is 4.50. The monoisotopic (exact) mass is 273 g/mol. The van der Waals surface area contributed by atoms with Crippen LogP contribution in [0.15, 0.2) is 42.6 Å². The molecule has 4 nitrogen and oxygen atoms in total. The molecule has 0 spiro atoms. The Hall–Kier alpha value is -2.07. The number of rotatable bonds is 6. The minimum absolute atomic E-state index is 0.474. The Labute approximate surface area is 119 Å². The Morgan fingerprint density at radius 3 is 2.50 bits per heavy atom. The first-order valence-electron chi connectivity index (χ1n) is 6.74. The van der Waals surface area contributed by atoms with Crippen LogP contribution in [-0.4, -0.2) is 16.7 Å². The van der Waals surface area contributed by atoms with Gasteiger partial charge in [0.25, 0.3) is 0 Å². The molecule has 0 bridgehead atoms. The number of benzene rings is 1. The summed E-state index contributed by atoms with van der Waals surface area (Å²) in [6, 6.07) is 11.0. The summed E-state index contributed by atoms with van der Waals surface area (Å²) < 4.78 is 11.4. The standard InChI is InChI=1S/C16H19NO3/c1-3-10-19-14-6-4-5-7-15(14)20-16-9-8-13(11-17-16)12(2)18/h4-9,11-12,18H,3,10H2,1-2H3/t12-/m0/s1. The van der Waals surface area contributed by atoms with Crippen LogP contribution in [-0.2, 0) is 0 Å². The van der Waals surface area contributed by atoms with Crippen molar-refractivity contribution in [2.45, 2.75) is 26.4 Å². The third-order valence-electron chi connectivity index (χ3n) is 2.77. The van der Waals surface area contributed by atoms with Crippen molar-refractivity contribution in [3.8, 4) is 17.4 Å². The van der Waals surface area contributed by atoms with Crippen LogP contribution in [0.4, 0.5) is 0 Å². The highest BCUT2D eigenvalue weighted by Gasteiger charge is 2.07. The average Bonchev–Trinajstić information content (AvgIpc) is 2.47. The summed E-state index contributed by atoms with van der Waals surface area (Å²) in [5.41, 5.74) is 0.757. The summed E-state index contributed by atoms with van der Waals surface area (Å²) in [4.78, 5) is 4.18. The topological polar surface area (TPSA) is 51.6 Å². The Bertz CT molecular complexity index is 538. The van der Waals surface area contributed by atoms with E-state index in [1.54, 1.807) is 25.3 Å². The van der Waals surface area contributed by atoms with Crippen LogP contribution >= 0.6 is 0 Å². The smallest absolute Gasteiger partial charge is 0.219 e. The molecule has 0 aliphatic carbocycles. The summed E-state index contributed by atoms with van der Waals surface area (Å²) in [5, 5.41) is 9.44. The summed E-state index contributed by atoms with van der Waals surface area (Å²) in [6.07, 6.45) is 2.02. The molecule has 106 valence electrons. The average molecular weight is 273 g/mol. The van der Waals surface area contributed by atoms with Crippen molar-refractivity contribution in [1.29, 1.82) is 0 Å². The van der Waals surface area contributed by atoms with Gasteiger partial charge in [0.15, 0.2) is 11.5 Å². The molecule has 4 heteroatoms. The minimum atomic E-state index is -0.531. The van der Waals surface area contributed by atoms with Crippen LogP contribution in [0.1, 0.15) is 31.9 Å². The molecular weight excluding hydrogens is 254 g/mol. The van der Waals surface area contributed by atoms with Crippen LogP contribution in [0, 0.1) is 0 Å². The molecule has 1 aromatic carbocycles. The fourth-order valence-electron chi connectivity index (χ4n) is 1.68. The zero-order valence-electron chi connectivity index (χ0n) is 11.7. The molecule has 0 fully saturated rings. The summed E-state index contributed by atoms with van der Waals surface area (Å²) >= 11 is 0. The lowest BCUT2D eigenvalue weighted by atomic mass is 10.2. The van der Waals surface area contributed by atoms with Crippen molar-refractivity contribution >= 4 is 0 Å². The normalized spacial score (nSPS) is 11.9. The van der Waals surface area contributed by atoms with Gasteiger partial charge in [-0.25, -0.2) is 4.98 Å². The van der Waals surface area contributed by atoms with Crippen molar-refractivity contribution in [3.63, 3.8) is 0 Å². The Morgan fingerprint density at radius 1 is 1.15 bits per heavy atom. The minimum Gasteiger partial charge on any atom is -0.490 e. The van der Waals surface area contributed by atoms with Crippen molar-refractivity contribution in [1.82, 2.24) is 4.98 Å². The van der Waals surface area contributed by atoms with Gasteiger partial charge in [-0.3, -0.25) is 0 Å². The molecule has 0 saturated heterocycles. The van der Waals surface area contributed by atoms with Crippen molar-refractivity contribution in [3.05, 3.63) is 48.2 Å². The third-order valence-corrected chi connectivity index (χ3v) is 2.77. The number of para-hydroxylation sites is 2. The van der Waals surface area contributed by atoms with E-state index < -0.39 is 6.10 Å². The van der Waals surface area contributed by atoms with Gasteiger partial charge in [0.2, 0.25) is 5.88 Å². The van der Waals surface area contributed by atoms with E-state index in [1.807, 2.05) is 24.3 Å². The molecule has 1 aromatic heterocycles. The van der Waals surface area contributed by atoms with E-state index in [0.29, 0.717) is 24.0 Å². The molecule has 20 heavy (non-hydrogen) atoms. The van der Waals surface area contributed by atoms with Gasteiger partial charge in [0, 0.05) is 12.3 Å². The number of nitrogens with zero attached hydrogens (tertiary/aromatic N) is 1. The van der Waals surface area contributed by atoms with Gasteiger partial charge < -0.3 is 14.6 Å². The maximum Gasteiger partial charge on any atom is 0.219 e. The maximum absolute atomic E-state index is 9.44. The number of ether oxygens (including phenoxy) is 2. The van der Waals surface area contributed by atoms with Crippen LogP contribution < -0.4 is 9.47 Å². The molecule has 0 aliphatic heterocycles. The highest BCUT2D eigenvalue weighted by molar-refractivity contribution is 5.41. The molecule has 0 unspecified atom stereocenters. The molecule has 1 N–H and O–H groups in total. The SMILES string of the molecule is CCCOc1ccccc1Oc1ccc([C@H](C)O)cn1. The van der Waals surface area contributed by atoms with Crippen molar-refractivity contribution in [2.24, 2.45) is 0 Å². The zero-order chi connectivity index (χ0) is 14.4. The van der Waals surface area contributed by atoms with Gasteiger partial charge in [-0.15, -0.1) is 0 Å². The number of hydrogen-bond acceptors (Lipinski definition) is 4. The van der Waals surface area contributed by atoms with Crippen molar-refractivity contribution in [2.75, 3.05) is 6.61 Å². The lowest BCUT2D eigenvalue weighted by molar-refractivity contribution is 0.198. The second kappa shape index (κ2) is 6.91. The number of aliphatic hydroxyl groups is 1. The van der Waals surface area contributed by atoms with E-state index in [9.17, 15) is 5.11 Å². The van der Waals surface area contributed by atoms with E-state index >= 15 is 0 Å². The Balaban J connectivity index is 2.13. The Kier molecular flexibility index (Phi) is 4.96. The van der Waals surface area contributed by atoms with Gasteiger partial charge >= 0.3 is 0 Å². The number of aromatic nitrogens is 1. The number of aliphatic hydroxyl groups excluding tert-OH is 1. The molecule has 0 saturated carbocycles. The van der Waals surface area contributed by atoms with Crippen LogP contribution in [0.25, 0.3) is 0 Å². The van der Waals surface area contributed by atoms with E-state index in [0.717, 1.165) is 12.0 Å². The zero-order valence-corrected chi connectivity index (χ0v) is 11.7. The fourth-order valence-corrected chi connectivity index (χ4v) is 1.68. The van der Waals surface area contributed by atoms with E-state index in [-0.39, 0.29) is 0 Å². The largest absolute Gasteiger partial charge is 0.490 e. The first-order valence-corrected chi connectivity index (χ1v) is 6.74. The molecule has 0 amide bonds. The lowest BCUT2D eigenvalue weighted by Gasteiger charge is -2.11. The van der Waals surface area contributed by atoms with E-state index in [4.69, 9.17) is 9.47 Å². The summed E-state index contributed by atoms with van der Waals surface area (Å²) in [7, 11) is 0. The Morgan fingerprint density at radius 2 is 1.90 bits per heavy atom. The molecular formula is C16H19NO3. The van der Waals surface area contributed by atoms with E-state index in [1.165, 1.54) is 0 Å². The summed E-state index contributed by atoms with van der Waals surface area (Å²) in [5.74, 6) is 1.82. The molecule has 2 rings (SSSR count). The third kappa shape index (κ3) is 3.71. The molecule has 1 heterocycles. The molecule has 0 aliphatic rings. The first-order chi connectivity index (χ1) is 9.70. The predicted molar refractivity (Wildman–Crippen MR) is 77.2 cm³/mol. The predicted octanol–water partition coefficient (Wildman–Crippen LogP) is 3.72. The van der Waals surface area contributed by atoms with Gasteiger partial charge in [-0.1, -0.05) is 19.1 Å². The van der Waals surface area contributed by atoms with Gasteiger partial charge in [-0.05, 0) is 37.1 Å². The number of pyridine rings is 1. The molecule has 2 aromatic rings. The van der Waals surface area contributed by atoms with Crippen LogP contribution in [0.2, 0.25) is 0 Å². The van der Waals surface area contributed by atoms with Crippen molar-refractivity contribution < 1.29 is 14.6 Å². The van der Waals surface area contributed by atoms with Gasteiger partial charge in [0.1, 0.15) is 0 Å².